The number of rotatable bonds is 1. The Bertz CT molecular complexity index is 749. The van der Waals surface area contributed by atoms with Gasteiger partial charge in [-0.1, -0.05) is 35.9 Å². The van der Waals surface area contributed by atoms with Crippen molar-refractivity contribution in [3.05, 3.63) is 63.4 Å². The molecule has 0 spiro atoms. The van der Waals surface area contributed by atoms with Crippen molar-refractivity contribution in [3.8, 4) is 0 Å². The van der Waals surface area contributed by atoms with Gasteiger partial charge in [-0.15, -0.1) is 0 Å². The minimum absolute atomic E-state index is 0.0397. The van der Waals surface area contributed by atoms with Crippen LogP contribution in [-0.2, 0) is 6.61 Å². The second kappa shape index (κ2) is 4.60. The molecule has 4 rings (SSSR count). The summed E-state index contributed by atoms with van der Waals surface area (Å²) in [5.41, 5.74) is 9.54. The third-order valence-electron chi connectivity index (χ3n) is 5.23. The molecule has 1 unspecified atom stereocenters. The summed E-state index contributed by atoms with van der Waals surface area (Å²) in [4.78, 5) is 0. The molecule has 114 valence electrons. The van der Waals surface area contributed by atoms with E-state index in [0.717, 1.165) is 18.4 Å². The fraction of sp³-hybridized carbons (Fsp3) is 0.400. The number of fused-ring (bicyclic) bond motifs is 3. The number of hydrogen-bond acceptors (Lipinski definition) is 2. The second-order valence-corrected chi connectivity index (χ2v) is 7.36. The fourth-order valence-electron chi connectivity index (χ4n) is 4.36. The zero-order valence-corrected chi connectivity index (χ0v) is 13.5. The molecule has 1 aliphatic heterocycles. The summed E-state index contributed by atoms with van der Waals surface area (Å²) in [6.07, 6.45) is 6.75. The SMILES string of the molecule is CC1=CC(C)(C)NC2=C1CC1C(=Cc3c(CO)cccc31)C2. The number of nitrogens with one attached hydrogen (secondary N) is 1. The Morgan fingerprint density at radius 3 is 2.91 bits per heavy atom. The van der Waals surface area contributed by atoms with Gasteiger partial charge in [-0.05, 0) is 55.0 Å². The topological polar surface area (TPSA) is 32.3 Å². The molecule has 1 aromatic rings. The van der Waals surface area contributed by atoms with Crippen LogP contribution in [-0.4, -0.2) is 10.6 Å². The Morgan fingerprint density at radius 1 is 1.32 bits per heavy atom. The van der Waals surface area contributed by atoms with E-state index in [1.54, 1.807) is 0 Å². The molecule has 2 N–H and O–H groups in total. The Morgan fingerprint density at radius 2 is 2.14 bits per heavy atom. The predicted octanol–water partition coefficient (Wildman–Crippen LogP) is 4.04. The Hall–Kier alpha value is -1.80. The molecule has 0 saturated carbocycles. The van der Waals surface area contributed by atoms with Crippen LogP contribution < -0.4 is 5.32 Å². The lowest BCUT2D eigenvalue weighted by molar-refractivity contribution is 0.281. The number of hydrogen-bond donors (Lipinski definition) is 2. The summed E-state index contributed by atoms with van der Waals surface area (Å²) in [6, 6.07) is 6.34. The number of allylic oxidation sites excluding steroid dienone is 3. The van der Waals surface area contributed by atoms with E-state index in [1.807, 2.05) is 6.07 Å². The van der Waals surface area contributed by atoms with Crippen LogP contribution in [0.3, 0.4) is 0 Å². The van der Waals surface area contributed by atoms with Crippen LogP contribution in [0, 0.1) is 0 Å². The van der Waals surface area contributed by atoms with Gasteiger partial charge in [0.1, 0.15) is 0 Å². The van der Waals surface area contributed by atoms with Gasteiger partial charge in [0.2, 0.25) is 0 Å². The van der Waals surface area contributed by atoms with Gasteiger partial charge in [-0.2, -0.15) is 0 Å². The van der Waals surface area contributed by atoms with Crippen molar-refractivity contribution in [1.82, 2.24) is 5.32 Å². The zero-order chi connectivity index (χ0) is 15.5. The van der Waals surface area contributed by atoms with Crippen LogP contribution in [0.15, 0.2) is 46.7 Å². The van der Waals surface area contributed by atoms with E-state index in [1.165, 1.54) is 33.5 Å². The van der Waals surface area contributed by atoms with Crippen LogP contribution >= 0.6 is 0 Å². The van der Waals surface area contributed by atoms with E-state index in [0.29, 0.717) is 5.92 Å². The normalized spacial score (nSPS) is 24.8. The van der Waals surface area contributed by atoms with Crippen LogP contribution in [0.4, 0.5) is 0 Å². The second-order valence-electron chi connectivity index (χ2n) is 7.36. The fourth-order valence-corrected chi connectivity index (χ4v) is 4.36. The van der Waals surface area contributed by atoms with E-state index >= 15 is 0 Å². The van der Waals surface area contributed by atoms with Gasteiger partial charge in [-0.25, -0.2) is 0 Å². The molecule has 2 aliphatic carbocycles. The van der Waals surface area contributed by atoms with E-state index in [4.69, 9.17) is 0 Å². The largest absolute Gasteiger partial charge is 0.392 e. The molecule has 2 heteroatoms. The van der Waals surface area contributed by atoms with Crippen LogP contribution in [0.1, 0.15) is 56.2 Å². The molecular weight excluding hydrogens is 270 g/mol. The minimum atomic E-state index is 0.0397. The number of dihydropyridines is 1. The highest BCUT2D eigenvalue weighted by molar-refractivity contribution is 5.71. The molecule has 0 radical (unpaired) electrons. The zero-order valence-electron chi connectivity index (χ0n) is 13.5. The van der Waals surface area contributed by atoms with Gasteiger partial charge in [-0.3, -0.25) is 0 Å². The van der Waals surface area contributed by atoms with E-state index in [9.17, 15) is 5.11 Å². The molecule has 0 bridgehead atoms. The van der Waals surface area contributed by atoms with Crippen LogP contribution in [0.5, 0.6) is 0 Å². The minimum Gasteiger partial charge on any atom is -0.392 e. The van der Waals surface area contributed by atoms with Crippen molar-refractivity contribution in [2.24, 2.45) is 0 Å². The van der Waals surface area contributed by atoms with Crippen molar-refractivity contribution in [2.75, 3.05) is 0 Å². The predicted molar refractivity (Wildman–Crippen MR) is 90.3 cm³/mol. The van der Waals surface area contributed by atoms with Gasteiger partial charge in [0.05, 0.1) is 12.1 Å². The Kier molecular flexibility index (Phi) is 2.89. The molecular formula is C20H23NO. The first-order valence-corrected chi connectivity index (χ1v) is 8.11. The lowest BCUT2D eigenvalue weighted by Crippen LogP contribution is -2.41. The number of benzene rings is 1. The van der Waals surface area contributed by atoms with Crippen molar-refractivity contribution in [3.63, 3.8) is 0 Å². The smallest absolute Gasteiger partial charge is 0.0687 e. The monoisotopic (exact) mass is 293 g/mol. The summed E-state index contributed by atoms with van der Waals surface area (Å²) >= 11 is 0. The summed E-state index contributed by atoms with van der Waals surface area (Å²) in [6.45, 7) is 6.83. The van der Waals surface area contributed by atoms with E-state index in [2.05, 4.69) is 50.4 Å². The maximum atomic E-state index is 9.59. The molecule has 22 heavy (non-hydrogen) atoms. The average Bonchev–Trinajstić information content (AvgIpc) is 2.81. The van der Waals surface area contributed by atoms with E-state index in [-0.39, 0.29) is 12.1 Å². The quantitative estimate of drug-likeness (QED) is 0.819. The summed E-state index contributed by atoms with van der Waals surface area (Å²) in [5.74, 6) is 0.492. The lowest BCUT2D eigenvalue weighted by Gasteiger charge is -2.38. The van der Waals surface area contributed by atoms with Crippen molar-refractivity contribution < 1.29 is 5.11 Å². The maximum absolute atomic E-state index is 9.59. The molecule has 2 nitrogen and oxygen atoms in total. The average molecular weight is 293 g/mol. The number of aliphatic hydroxyl groups is 1. The van der Waals surface area contributed by atoms with Gasteiger partial charge in [0.25, 0.3) is 0 Å². The van der Waals surface area contributed by atoms with Crippen molar-refractivity contribution in [1.29, 1.82) is 0 Å². The summed E-state index contributed by atoms with van der Waals surface area (Å²) in [5, 5.41) is 13.3. The molecule has 0 aromatic heterocycles. The first-order valence-electron chi connectivity index (χ1n) is 8.11. The molecule has 3 aliphatic rings. The molecule has 0 amide bonds. The summed E-state index contributed by atoms with van der Waals surface area (Å²) in [7, 11) is 0. The molecule has 0 fully saturated rings. The van der Waals surface area contributed by atoms with Gasteiger partial charge in [0.15, 0.2) is 0 Å². The highest BCUT2D eigenvalue weighted by Gasteiger charge is 2.35. The van der Waals surface area contributed by atoms with Gasteiger partial charge >= 0.3 is 0 Å². The van der Waals surface area contributed by atoms with Crippen molar-refractivity contribution in [2.45, 2.75) is 51.7 Å². The third-order valence-corrected chi connectivity index (χ3v) is 5.23. The Balaban J connectivity index is 1.76. The highest BCUT2D eigenvalue weighted by Crippen LogP contribution is 2.49. The lowest BCUT2D eigenvalue weighted by atomic mass is 9.76. The molecule has 0 saturated heterocycles. The first kappa shape index (κ1) is 13.8. The molecule has 1 aromatic carbocycles. The Labute approximate surface area is 132 Å². The number of aliphatic hydroxyl groups excluding tert-OH is 1. The molecule has 1 atom stereocenters. The standard InChI is InChI=1S/C20H23NO/c1-12-10-20(2,3)21-19-8-14-7-17-13(11-22)5-4-6-15(17)18(14)9-16(12)19/h4-7,10,18,21-22H,8-9,11H2,1-3H3. The van der Waals surface area contributed by atoms with Gasteiger partial charge in [0, 0.05) is 18.0 Å². The third kappa shape index (κ3) is 1.98. The first-order chi connectivity index (χ1) is 10.5. The maximum Gasteiger partial charge on any atom is 0.0687 e. The van der Waals surface area contributed by atoms with Crippen molar-refractivity contribution >= 4 is 6.08 Å². The van der Waals surface area contributed by atoms with Gasteiger partial charge < -0.3 is 10.4 Å². The highest BCUT2D eigenvalue weighted by atomic mass is 16.3. The van der Waals surface area contributed by atoms with Crippen LogP contribution in [0.2, 0.25) is 0 Å². The molecule has 1 heterocycles. The van der Waals surface area contributed by atoms with E-state index < -0.39 is 0 Å². The summed E-state index contributed by atoms with van der Waals surface area (Å²) < 4.78 is 0. The van der Waals surface area contributed by atoms with Crippen LogP contribution in [0.25, 0.3) is 6.08 Å².